The van der Waals surface area contributed by atoms with Crippen LogP contribution < -0.4 is 5.32 Å². The Morgan fingerprint density at radius 2 is 1.94 bits per heavy atom. The van der Waals surface area contributed by atoms with E-state index < -0.39 is 0 Å². The van der Waals surface area contributed by atoms with Gasteiger partial charge in [-0.2, -0.15) is 0 Å². The van der Waals surface area contributed by atoms with Gasteiger partial charge in [-0.05, 0) is 13.0 Å². The topological polar surface area (TPSA) is 55.7 Å². The lowest BCUT2D eigenvalue weighted by Gasteiger charge is -2.33. The Morgan fingerprint density at radius 3 is 2.56 bits per heavy atom. The standard InChI is InChI=1S/C12H18N2O2/c1-9(14-6-4-13-5-7-14)11-3-2-10(15)8-12(11)16/h2-3,8-9,13,15-16H,4-7H2,1H3/t9-/m1/s1. The van der Waals surface area contributed by atoms with Crippen LogP contribution in [-0.2, 0) is 0 Å². The number of phenolic OH excluding ortho intramolecular Hbond substituents is 2. The molecule has 0 unspecified atom stereocenters. The lowest BCUT2D eigenvalue weighted by Crippen LogP contribution is -2.44. The Morgan fingerprint density at radius 1 is 1.25 bits per heavy atom. The number of nitrogens with zero attached hydrogens (tertiary/aromatic N) is 1. The summed E-state index contributed by atoms with van der Waals surface area (Å²) in [5, 5.41) is 22.3. The fraction of sp³-hybridized carbons (Fsp3) is 0.500. The number of nitrogens with one attached hydrogen (secondary N) is 1. The molecule has 2 rings (SSSR count). The van der Waals surface area contributed by atoms with E-state index >= 15 is 0 Å². The predicted molar refractivity (Wildman–Crippen MR) is 62.6 cm³/mol. The summed E-state index contributed by atoms with van der Waals surface area (Å²) in [7, 11) is 0. The summed E-state index contributed by atoms with van der Waals surface area (Å²) in [4.78, 5) is 2.32. The van der Waals surface area contributed by atoms with Gasteiger partial charge in [0.1, 0.15) is 11.5 Å². The lowest BCUT2D eigenvalue weighted by atomic mass is 10.0. The second-order valence-corrected chi connectivity index (χ2v) is 4.21. The Labute approximate surface area is 95.5 Å². The van der Waals surface area contributed by atoms with Crippen LogP contribution in [0.5, 0.6) is 11.5 Å². The molecule has 0 radical (unpaired) electrons. The van der Waals surface area contributed by atoms with Crippen LogP contribution in [0.1, 0.15) is 18.5 Å². The number of rotatable bonds is 2. The van der Waals surface area contributed by atoms with Crippen LogP contribution in [0.25, 0.3) is 0 Å². The van der Waals surface area contributed by atoms with Gasteiger partial charge in [0.2, 0.25) is 0 Å². The largest absolute Gasteiger partial charge is 0.508 e. The van der Waals surface area contributed by atoms with Crippen molar-refractivity contribution >= 4 is 0 Å². The number of aromatic hydroxyl groups is 2. The maximum absolute atomic E-state index is 9.79. The van der Waals surface area contributed by atoms with Crippen molar-refractivity contribution in [3.05, 3.63) is 23.8 Å². The minimum absolute atomic E-state index is 0.105. The van der Waals surface area contributed by atoms with Crippen LogP contribution in [0.2, 0.25) is 0 Å². The van der Waals surface area contributed by atoms with Gasteiger partial charge in [-0.3, -0.25) is 4.90 Å². The normalized spacial score (nSPS) is 19.6. The van der Waals surface area contributed by atoms with E-state index in [1.807, 2.05) is 0 Å². The van der Waals surface area contributed by atoms with E-state index in [1.165, 1.54) is 6.07 Å². The molecule has 1 aliphatic rings. The summed E-state index contributed by atoms with van der Waals surface area (Å²) in [5.41, 5.74) is 0.875. The van der Waals surface area contributed by atoms with Crippen molar-refractivity contribution < 1.29 is 10.2 Å². The molecule has 0 aromatic heterocycles. The van der Waals surface area contributed by atoms with Crippen molar-refractivity contribution in [2.75, 3.05) is 26.2 Å². The third kappa shape index (κ3) is 2.28. The Hall–Kier alpha value is -1.26. The zero-order valence-electron chi connectivity index (χ0n) is 9.48. The molecule has 1 atom stereocenters. The smallest absolute Gasteiger partial charge is 0.124 e. The van der Waals surface area contributed by atoms with Crippen LogP contribution in [0.3, 0.4) is 0 Å². The van der Waals surface area contributed by atoms with Gasteiger partial charge in [0, 0.05) is 43.9 Å². The molecule has 1 fully saturated rings. The summed E-state index contributed by atoms with van der Waals surface area (Å²) in [6, 6.07) is 4.99. The lowest BCUT2D eigenvalue weighted by molar-refractivity contribution is 0.183. The number of hydrogen-bond acceptors (Lipinski definition) is 4. The average molecular weight is 222 g/mol. The van der Waals surface area contributed by atoms with E-state index in [2.05, 4.69) is 17.1 Å². The van der Waals surface area contributed by atoms with Crippen LogP contribution in [0.15, 0.2) is 18.2 Å². The molecule has 0 aliphatic carbocycles. The summed E-state index contributed by atoms with van der Waals surface area (Å²) >= 11 is 0. The van der Waals surface area contributed by atoms with Crippen LogP contribution in [0, 0.1) is 0 Å². The summed E-state index contributed by atoms with van der Waals surface area (Å²) in [6.07, 6.45) is 0. The highest BCUT2D eigenvalue weighted by Crippen LogP contribution is 2.31. The third-order valence-electron chi connectivity index (χ3n) is 3.16. The van der Waals surface area contributed by atoms with Crippen LogP contribution in [0.4, 0.5) is 0 Å². The highest BCUT2D eigenvalue weighted by Gasteiger charge is 2.20. The first kappa shape index (κ1) is 11.2. The molecule has 0 amide bonds. The number of benzene rings is 1. The molecule has 1 heterocycles. The molecule has 16 heavy (non-hydrogen) atoms. The molecule has 0 saturated carbocycles. The van der Waals surface area contributed by atoms with Gasteiger partial charge in [-0.25, -0.2) is 0 Å². The van der Waals surface area contributed by atoms with E-state index in [9.17, 15) is 10.2 Å². The molecule has 1 saturated heterocycles. The fourth-order valence-corrected chi connectivity index (χ4v) is 2.15. The molecule has 0 bridgehead atoms. The minimum Gasteiger partial charge on any atom is -0.508 e. The van der Waals surface area contributed by atoms with Gasteiger partial charge in [-0.15, -0.1) is 0 Å². The zero-order valence-corrected chi connectivity index (χ0v) is 9.48. The van der Waals surface area contributed by atoms with Crippen molar-refractivity contribution in [3.63, 3.8) is 0 Å². The Bertz CT molecular complexity index is 362. The first-order valence-corrected chi connectivity index (χ1v) is 5.65. The molecule has 0 spiro atoms. The minimum atomic E-state index is 0.105. The van der Waals surface area contributed by atoms with Gasteiger partial charge in [0.05, 0.1) is 0 Å². The molecule has 88 valence electrons. The van der Waals surface area contributed by atoms with Crippen LogP contribution in [-0.4, -0.2) is 41.3 Å². The maximum atomic E-state index is 9.79. The van der Waals surface area contributed by atoms with E-state index in [1.54, 1.807) is 12.1 Å². The predicted octanol–water partition coefficient (Wildman–Crippen LogP) is 1.06. The third-order valence-corrected chi connectivity index (χ3v) is 3.16. The van der Waals surface area contributed by atoms with E-state index in [0.29, 0.717) is 0 Å². The molecule has 4 nitrogen and oxygen atoms in total. The summed E-state index contributed by atoms with van der Waals surface area (Å²) in [6.45, 7) is 6.03. The van der Waals surface area contributed by atoms with E-state index in [4.69, 9.17) is 0 Å². The van der Waals surface area contributed by atoms with Crippen molar-refractivity contribution in [1.29, 1.82) is 0 Å². The van der Waals surface area contributed by atoms with Gasteiger partial charge in [0.15, 0.2) is 0 Å². The molecular formula is C12H18N2O2. The molecule has 3 N–H and O–H groups in total. The van der Waals surface area contributed by atoms with E-state index in [0.717, 1.165) is 31.7 Å². The van der Waals surface area contributed by atoms with Crippen LogP contribution >= 0.6 is 0 Å². The quantitative estimate of drug-likeness (QED) is 0.700. The van der Waals surface area contributed by atoms with E-state index in [-0.39, 0.29) is 17.5 Å². The molecule has 1 aromatic carbocycles. The highest BCUT2D eigenvalue weighted by atomic mass is 16.3. The maximum Gasteiger partial charge on any atom is 0.124 e. The zero-order chi connectivity index (χ0) is 11.5. The van der Waals surface area contributed by atoms with Crippen molar-refractivity contribution in [2.24, 2.45) is 0 Å². The molecular weight excluding hydrogens is 204 g/mol. The van der Waals surface area contributed by atoms with Crippen molar-refractivity contribution in [3.8, 4) is 11.5 Å². The fourth-order valence-electron chi connectivity index (χ4n) is 2.15. The molecule has 1 aromatic rings. The Kier molecular flexibility index (Phi) is 3.31. The van der Waals surface area contributed by atoms with Crippen molar-refractivity contribution in [1.82, 2.24) is 10.2 Å². The number of hydrogen-bond donors (Lipinski definition) is 3. The highest BCUT2D eigenvalue weighted by molar-refractivity contribution is 5.40. The summed E-state index contributed by atoms with van der Waals surface area (Å²) in [5.74, 6) is 0.278. The van der Waals surface area contributed by atoms with Crippen molar-refractivity contribution in [2.45, 2.75) is 13.0 Å². The van der Waals surface area contributed by atoms with Gasteiger partial charge < -0.3 is 15.5 Å². The molecule has 1 aliphatic heterocycles. The monoisotopic (exact) mass is 222 g/mol. The number of phenols is 2. The second-order valence-electron chi connectivity index (χ2n) is 4.21. The summed E-state index contributed by atoms with van der Waals surface area (Å²) < 4.78 is 0. The average Bonchev–Trinajstić information content (AvgIpc) is 2.29. The first-order chi connectivity index (χ1) is 7.68. The second kappa shape index (κ2) is 4.72. The van der Waals surface area contributed by atoms with Gasteiger partial charge >= 0.3 is 0 Å². The van der Waals surface area contributed by atoms with Gasteiger partial charge in [-0.1, -0.05) is 6.07 Å². The Balaban J connectivity index is 2.15. The SMILES string of the molecule is C[C@H](c1ccc(O)cc1O)N1CCNCC1. The number of piperazine rings is 1. The van der Waals surface area contributed by atoms with Gasteiger partial charge in [0.25, 0.3) is 0 Å². The molecule has 4 heteroatoms. The first-order valence-electron chi connectivity index (χ1n) is 5.65.